The van der Waals surface area contributed by atoms with Crippen LogP contribution in [0.15, 0.2) is 71.8 Å². The van der Waals surface area contributed by atoms with Gasteiger partial charge in [-0.15, -0.1) is 0 Å². The lowest BCUT2D eigenvalue weighted by molar-refractivity contribution is 0.0925. The summed E-state index contributed by atoms with van der Waals surface area (Å²) >= 11 is 0. The van der Waals surface area contributed by atoms with E-state index in [2.05, 4.69) is 4.98 Å². The minimum atomic E-state index is -4.22. The largest absolute Gasteiger partial charge is 0.493 e. The first-order valence-electron chi connectivity index (χ1n) is 11.1. The molecule has 1 aromatic heterocycles. The van der Waals surface area contributed by atoms with Crippen molar-refractivity contribution < 1.29 is 26.7 Å². The fourth-order valence-electron chi connectivity index (χ4n) is 3.80. The van der Waals surface area contributed by atoms with E-state index in [1.807, 2.05) is 18.2 Å². The molecule has 1 atom stereocenters. The maximum Gasteiger partial charge on any atom is 0.246 e. The third-order valence-corrected chi connectivity index (χ3v) is 7.42. The predicted molar refractivity (Wildman–Crippen MR) is 123 cm³/mol. The topological polar surface area (TPSA) is 68.7 Å². The summed E-state index contributed by atoms with van der Waals surface area (Å²) in [5.41, 5.74) is 1.64. The molecule has 3 aromatic rings. The molecule has 1 aliphatic rings. The second-order valence-electron chi connectivity index (χ2n) is 8.07. The number of aromatic nitrogens is 1. The van der Waals surface area contributed by atoms with Crippen LogP contribution in [0.3, 0.4) is 0 Å². The predicted octanol–water partition coefficient (Wildman–Crippen LogP) is 4.35. The zero-order valence-corrected chi connectivity index (χ0v) is 19.4. The average Bonchev–Trinajstić information content (AvgIpc) is 3.33. The number of rotatable bonds is 10. The number of benzene rings is 2. The normalized spacial score (nSPS) is 16.1. The highest BCUT2D eigenvalue weighted by molar-refractivity contribution is 7.89. The SMILES string of the molecule is O=S(=O)(c1ccc(F)cc1F)N(Cc1ccc(OCCc2ccccn2)cc1)C[C@H]1CCCO1. The van der Waals surface area contributed by atoms with Gasteiger partial charge >= 0.3 is 0 Å². The standard InChI is InChI=1S/C25H26F2N2O4S/c26-20-8-11-25(24(27)16-20)34(30,31)29(18-23-5-3-14-32-23)17-19-6-9-22(10-7-19)33-15-12-21-4-1-2-13-28-21/h1-2,4,6-11,13,16,23H,3,5,12,14-15,17-18H2/t23-/m1/s1. The van der Waals surface area contributed by atoms with Gasteiger partial charge in [-0.1, -0.05) is 18.2 Å². The van der Waals surface area contributed by atoms with Crippen molar-refractivity contribution in [2.24, 2.45) is 0 Å². The quantitative estimate of drug-likeness (QED) is 0.424. The summed E-state index contributed by atoms with van der Waals surface area (Å²) < 4.78 is 66.8. The van der Waals surface area contributed by atoms with Crippen molar-refractivity contribution in [3.63, 3.8) is 0 Å². The van der Waals surface area contributed by atoms with Crippen LogP contribution >= 0.6 is 0 Å². The molecule has 6 nitrogen and oxygen atoms in total. The van der Waals surface area contributed by atoms with Crippen LogP contribution < -0.4 is 4.74 Å². The van der Waals surface area contributed by atoms with Crippen molar-refractivity contribution in [2.45, 2.75) is 36.8 Å². The van der Waals surface area contributed by atoms with Crippen LogP contribution in [-0.4, -0.2) is 43.6 Å². The van der Waals surface area contributed by atoms with Crippen molar-refractivity contribution in [3.05, 3.63) is 89.8 Å². The molecule has 0 N–H and O–H groups in total. The molecule has 0 radical (unpaired) electrons. The van der Waals surface area contributed by atoms with Crippen molar-refractivity contribution in [1.29, 1.82) is 0 Å². The van der Waals surface area contributed by atoms with E-state index in [-0.39, 0.29) is 19.2 Å². The third-order valence-electron chi connectivity index (χ3n) is 5.58. The van der Waals surface area contributed by atoms with Gasteiger partial charge in [-0.3, -0.25) is 4.98 Å². The second-order valence-corrected chi connectivity index (χ2v) is 9.98. The second kappa shape index (κ2) is 11.0. The zero-order chi connectivity index (χ0) is 24.0. The van der Waals surface area contributed by atoms with Crippen LogP contribution in [-0.2, 0) is 27.7 Å². The number of nitrogens with zero attached hydrogens (tertiary/aromatic N) is 2. The van der Waals surface area contributed by atoms with E-state index in [0.29, 0.717) is 37.0 Å². The van der Waals surface area contributed by atoms with E-state index < -0.39 is 26.6 Å². The Morgan fingerprint density at radius 2 is 1.91 bits per heavy atom. The smallest absolute Gasteiger partial charge is 0.246 e. The monoisotopic (exact) mass is 488 g/mol. The Morgan fingerprint density at radius 1 is 1.09 bits per heavy atom. The van der Waals surface area contributed by atoms with Gasteiger partial charge in [0.25, 0.3) is 0 Å². The average molecular weight is 489 g/mol. The molecule has 0 bridgehead atoms. The van der Waals surface area contributed by atoms with Gasteiger partial charge < -0.3 is 9.47 Å². The highest BCUT2D eigenvalue weighted by atomic mass is 32.2. The Bertz CT molecular complexity index is 1190. The highest BCUT2D eigenvalue weighted by Gasteiger charge is 2.31. The first kappa shape index (κ1) is 24.3. The summed E-state index contributed by atoms with van der Waals surface area (Å²) in [5.74, 6) is -1.30. The van der Waals surface area contributed by atoms with E-state index in [1.165, 1.54) is 4.31 Å². The lowest BCUT2D eigenvalue weighted by Gasteiger charge is -2.25. The number of hydrogen-bond acceptors (Lipinski definition) is 5. The van der Waals surface area contributed by atoms with Gasteiger partial charge in [-0.05, 0) is 54.8 Å². The van der Waals surface area contributed by atoms with Crippen molar-refractivity contribution >= 4 is 10.0 Å². The van der Waals surface area contributed by atoms with Crippen molar-refractivity contribution in [2.75, 3.05) is 19.8 Å². The molecule has 2 aromatic carbocycles. The summed E-state index contributed by atoms with van der Waals surface area (Å²) in [4.78, 5) is 3.70. The van der Waals surface area contributed by atoms with Gasteiger partial charge in [0.05, 0.1) is 12.7 Å². The minimum absolute atomic E-state index is 0.0211. The molecule has 2 heterocycles. The molecule has 1 saturated heterocycles. The minimum Gasteiger partial charge on any atom is -0.493 e. The lowest BCUT2D eigenvalue weighted by atomic mass is 10.2. The maximum atomic E-state index is 14.4. The maximum absolute atomic E-state index is 14.4. The molecule has 1 aliphatic heterocycles. The molecule has 1 fully saturated rings. The van der Waals surface area contributed by atoms with Gasteiger partial charge in [-0.2, -0.15) is 4.31 Å². The van der Waals surface area contributed by atoms with Crippen LogP contribution in [0.25, 0.3) is 0 Å². The first-order valence-corrected chi connectivity index (χ1v) is 12.5. The summed E-state index contributed by atoms with van der Waals surface area (Å²) in [7, 11) is -4.22. The molecule has 0 aliphatic carbocycles. The van der Waals surface area contributed by atoms with Crippen LogP contribution in [0.2, 0.25) is 0 Å². The summed E-state index contributed by atoms with van der Waals surface area (Å²) in [6, 6.07) is 15.3. The molecule has 0 spiro atoms. The van der Waals surface area contributed by atoms with Gasteiger partial charge in [0.15, 0.2) is 0 Å². The number of sulfonamides is 1. The Kier molecular flexibility index (Phi) is 7.87. The van der Waals surface area contributed by atoms with Gasteiger partial charge in [-0.25, -0.2) is 17.2 Å². The molecule has 180 valence electrons. The first-order chi connectivity index (χ1) is 16.4. The molecular formula is C25H26F2N2O4S. The molecule has 0 saturated carbocycles. The molecule has 0 amide bonds. The summed E-state index contributed by atoms with van der Waals surface area (Å²) in [6.07, 6.45) is 3.69. The van der Waals surface area contributed by atoms with E-state index in [4.69, 9.17) is 9.47 Å². The number of hydrogen-bond donors (Lipinski definition) is 0. The number of pyridine rings is 1. The Balaban J connectivity index is 1.46. The third kappa shape index (κ3) is 6.16. The Morgan fingerprint density at radius 3 is 2.59 bits per heavy atom. The van der Waals surface area contributed by atoms with Crippen LogP contribution in [0.4, 0.5) is 8.78 Å². The van der Waals surface area contributed by atoms with E-state index in [0.717, 1.165) is 30.7 Å². The Labute approximate surface area is 198 Å². The Hall–Kier alpha value is -2.88. The molecule has 0 unspecified atom stereocenters. The summed E-state index contributed by atoms with van der Waals surface area (Å²) in [5, 5.41) is 0. The van der Waals surface area contributed by atoms with Crippen molar-refractivity contribution in [3.8, 4) is 5.75 Å². The highest BCUT2D eigenvalue weighted by Crippen LogP contribution is 2.25. The van der Waals surface area contributed by atoms with E-state index in [1.54, 1.807) is 30.5 Å². The fourth-order valence-corrected chi connectivity index (χ4v) is 5.31. The molecule has 34 heavy (non-hydrogen) atoms. The van der Waals surface area contributed by atoms with Gasteiger partial charge in [0.1, 0.15) is 22.3 Å². The number of halogens is 2. The van der Waals surface area contributed by atoms with Crippen LogP contribution in [0, 0.1) is 11.6 Å². The number of ether oxygens (including phenoxy) is 2. The molecule has 9 heteroatoms. The van der Waals surface area contributed by atoms with Crippen LogP contribution in [0.1, 0.15) is 24.1 Å². The lowest BCUT2D eigenvalue weighted by Crippen LogP contribution is -2.37. The van der Waals surface area contributed by atoms with E-state index >= 15 is 0 Å². The van der Waals surface area contributed by atoms with Crippen LogP contribution in [0.5, 0.6) is 5.75 Å². The zero-order valence-electron chi connectivity index (χ0n) is 18.6. The van der Waals surface area contributed by atoms with E-state index in [9.17, 15) is 17.2 Å². The molecular weight excluding hydrogens is 462 g/mol. The fraction of sp³-hybridized carbons (Fsp3) is 0.320. The molecule has 4 rings (SSSR count). The van der Waals surface area contributed by atoms with Crippen molar-refractivity contribution in [1.82, 2.24) is 9.29 Å². The van der Waals surface area contributed by atoms with Gasteiger partial charge in [0, 0.05) is 44.1 Å². The van der Waals surface area contributed by atoms with Gasteiger partial charge in [0.2, 0.25) is 10.0 Å². The summed E-state index contributed by atoms with van der Waals surface area (Å²) in [6.45, 7) is 1.13.